The van der Waals surface area contributed by atoms with Crippen molar-refractivity contribution in [2.45, 2.75) is 56.5 Å². The zero-order valence-corrected chi connectivity index (χ0v) is 16.2. The number of hydrogen-bond donors (Lipinski definition) is 1. The van der Waals surface area contributed by atoms with Crippen molar-refractivity contribution in [1.29, 1.82) is 0 Å². The van der Waals surface area contributed by atoms with Crippen LogP contribution >= 0.6 is 0 Å². The molecule has 4 rings (SSSR count). The summed E-state index contributed by atoms with van der Waals surface area (Å²) in [6.07, 6.45) is 7.56. The molecule has 0 atom stereocenters. The lowest BCUT2D eigenvalue weighted by atomic mass is 9.95. The summed E-state index contributed by atoms with van der Waals surface area (Å²) in [6, 6.07) is 11.0. The monoisotopic (exact) mass is 384 g/mol. The summed E-state index contributed by atoms with van der Waals surface area (Å²) in [4.78, 5) is 9.47. The number of pyridine rings is 1. The van der Waals surface area contributed by atoms with Crippen LogP contribution < -0.4 is 4.72 Å². The van der Waals surface area contributed by atoms with E-state index in [2.05, 4.69) is 19.3 Å². The van der Waals surface area contributed by atoms with Crippen LogP contribution in [0.5, 0.6) is 0 Å². The Kier molecular flexibility index (Phi) is 4.97. The van der Waals surface area contributed by atoms with Crippen LogP contribution in [0.2, 0.25) is 0 Å². The number of rotatable bonds is 5. The number of fused-ring (bicyclic) bond motifs is 1. The van der Waals surface area contributed by atoms with Gasteiger partial charge < -0.3 is 4.57 Å². The molecule has 7 heteroatoms. The molecule has 6 nitrogen and oxygen atoms in total. The number of imidazole rings is 1. The molecule has 2 heterocycles. The van der Waals surface area contributed by atoms with Crippen LogP contribution in [-0.2, 0) is 16.6 Å². The highest BCUT2D eigenvalue weighted by molar-refractivity contribution is 7.89. The van der Waals surface area contributed by atoms with E-state index < -0.39 is 10.0 Å². The largest absolute Gasteiger partial charge is 0.308 e. The molecule has 1 aliphatic rings. The van der Waals surface area contributed by atoms with E-state index in [1.54, 1.807) is 24.4 Å². The van der Waals surface area contributed by atoms with Gasteiger partial charge in [0.2, 0.25) is 10.0 Å². The summed E-state index contributed by atoms with van der Waals surface area (Å²) >= 11 is 0. The van der Waals surface area contributed by atoms with E-state index in [9.17, 15) is 8.42 Å². The molecular weight excluding hydrogens is 360 g/mol. The highest BCUT2D eigenvalue weighted by Crippen LogP contribution is 2.31. The second-order valence-electron chi connectivity index (χ2n) is 7.18. The molecule has 1 aliphatic carbocycles. The highest BCUT2D eigenvalue weighted by Gasteiger charge is 2.23. The van der Waals surface area contributed by atoms with Gasteiger partial charge in [-0.15, -0.1) is 0 Å². The number of aryl methyl sites for hydroxylation is 1. The van der Waals surface area contributed by atoms with Gasteiger partial charge >= 0.3 is 0 Å². The minimum absolute atomic E-state index is 0.156. The van der Waals surface area contributed by atoms with E-state index in [0.717, 1.165) is 35.4 Å². The van der Waals surface area contributed by atoms with Gasteiger partial charge in [0, 0.05) is 12.2 Å². The van der Waals surface area contributed by atoms with Gasteiger partial charge in [0.25, 0.3) is 0 Å². The van der Waals surface area contributed by atoms with Gasteiger partial charge in [-0.1, -0.05) is 31.4 Å². The molecule has 27 heavy (non-hydrogen) atoms. The highest BCUT2D eigenvalue weighted by atomic mass is 32.2. The molecule has 1 fully saturated rings. The Morgan fingerprint density at radius 3 is 2.74 bits per heavy atom. The Morgan fingerprint density at radius 1 is 1.15 bits per heavy atom. The predicted molar refractivity (Wildman–Crippen MR) is 105 cm³/mol. The van der Waals surface area contributed by atoms with Crippen LogP contribution in [0.1, 0.15) is 49.5 Å². The Bertz CT molecular complexity index is 1050. The maximum Gasteiger partial charge on any atom is 0.240 e. The van der Waals surface area contributed by atoms with Crippen LogP contribution in [0, 0.1) is 6.92 Å². The first-order valence-electron chi connectivity index (χ1n) is 9.43. The molecule has 1 N–H and O–H groups in total. The van der Waals surface area contributed by atoms with Gasteiger partial charge in [0.1, 0.15) is 11.3 Å². The Labute approximate surface area is 159 Å². The summed E-state index contributed by atoms with van der Waals surface area (Å²) in [7, 11) is -3.59. The van der Waals surface area contributed by atoms with Crippen molar-refractivity contribution in [3.63, 3.8) is 0 Å². The Balaban J connectivity index is 1.65. The fraction of sp³-hybridized carbons (Fsp3) is 0.400. The van der Waals surface area contributed by atoms with Crippen molar-refractivity contribution in [1.82, 2.24) is 19.3 Å². The predicted octanol–water partition coefficient (Wildman–Crippen LogP) is 3.72. The van der Waals surface area contributed by atoms with Crippen molar-refractivity contribution in [2.24, 2.45) is 0 Å². The van der Waals surface area contributed by atoms with Crippen LogP contribution in [0.4, 0.5) is 0 Å². The number of benzene rings is 1. The minimum atomic E-state index is -3.59. The number of nitrogens with zero attached hydrogens (tertiary/aromatic N) is 3. The molecule has 0 radical (unpaired) electrons. The standard InChI is InChI=1S/C20H24N4O2S/c1-15-7-5-10-17(13-15)27(25,26)22-14-19-23-18-11-6-12-21-20(18)24(19)16-8-3-2-4-9-16/h5-7,10-13,16,22H,2-4,8-9,14H2,1H3. The van der Waals surface area contributed by atoms with Crippen LogP contribution in [0.15, 0.2) is 47.5 Å². The molecule has 142 valence electrons. The van der Waals surface area contributed by atoms with E-state index in [0.29, 0.717) is 6.04 Å². The van der Waals surface area contributed by atoms with Crippen LogP contribution in [-0.4, -0.2) is 23.0 Å². The molecule has 1 saturated carbocycles. The van der Waals surface area contributed by atoms with E-state index in [1.807, 2.05) is 25.1 Å². The summed E-state index contributed by atoms with van der Waals surface area (Å²) in [5.41, 5.74) is 2.57. The van der Waals surface area contributed by atoms with Gasteiger partial charge in [0.05, 0.1) is 11.4 Å². The number of aromatic nitrogens is 3. The van der Waals surface area contributed by atoms with Gasteiger partial charge in [-0.3, -0.25) is 0 Å². The van der Waals surface area contributed by atoms with Crippen LogP contribution in [0.3, 0.4) is 0 Å². The first kappa shape index (κ1) is 18.1. The lowest BCUT2D eigenvalue weighted by Crippen LogP contribution is -2.26. The molecule has 0 saturated heterocycles. The van der Waals surface area contributed by atoms with Gasteiger partial charge in [-0.2, -0.15) is 0 Å². The second kappa shape index (κ2) is 7.40. The average Bonchev–Trinajstić information content (AvgIpc) is 3.06. The second-order valence-corrected chi connectivity index (χ2v) is 8.94. The summed E-state index contributed by atoms with van der Waals surface area (Å²) in [5.74, 6) is 0.729. The molecule has 1 aromatic carbocycles. The van der Waals surface area contributed by atoms with Crippen molar-refractivity contribution < 1.29 is 8.42 Å². The maximum atomic E-state index is 12.7. The maximum absolute atomic E-state index is 12.7. The number of nitrogens with one attached hydrogen (secondary N) is 1. The average molecular weight is 385 g/mol. The smallest absolute Gasteiger partial charge is 0.240 e. The molecular formula is C20H24N4O2S. The van der Waals surface area contributed by atoms with Gasteiger partial charge in [0.15, 0.2) is 5.65 Å². The first-order chi connectivity index (χ1) is 13.0. The normalized spacial score (nSPS) is 16.0. The molecule has 0 aliphatic heterocycles. The van der Waals surface area contributed by atoms with Crippen molar-refractivity contribution >= 4 is 21.2 Å². The third-order valence-electron chi connectivity index (χ3n) is 5.18. The Hall–Kier alpha value is -2.25. The summed E-state index contributed by atoms with van der Waals surface area (Å²) in [5, 5.41) is 0. The minimum Gasteiger partial charge on any atom is -0.308 e. The Morgan fingerprint density at radius 2 is 1.96 bits per heavy atom. The number of hydrogen-bond acceptors (Lipinski definition) is 4. The zero-order valence-electron chi connectivity index (χ0n) is 15.4. The first-order valence-corrected chi connectivity index (χ1v) is 10.9. The summed E-state index contributed by atoms with van der Waals surface area (Å²) < 4.78 is 30.3. The fourth-order valence-electron chi connectivity index (χ4n) is 3.85. The third kappa shape index (κ3) is 3.75. The fourth-order valence-corrected chi connectivity index (χ4v) is 4.93. The van der Waals surface area contributed by atoms with Crippen LogP contribution in [0.25, 0.3) is 11.2 Å². The van der Waals surface area contributed by atoms with Gasteiger partial charge in [-0.05, 0) is 49.6 Å². The SMILES string of the molecule is Cc1cccc(S(=O)(=O)NCc2nc3cccnc3n2C2CCCCC2)c1. The van der Waals surface area contributed by atoms with Crippen molar-refractivity contribution in [3.05, 3.63) is 54.0 Å². The molecule has 0 amide bonds. The van der Waals surface area contributed by atoms with E-state index in [-0.39, 0.29) is 11.4 Å². The summed E-state index contributed by atoms with van der Waals surface area (Å²) in [6.45, 7) is 2.04. The molecule has 0 bridgehead atoms. The van der Waals surface area contributed by atoms with Crippen molar-refractivity contribution in [3.8, 4) is 0 Å². The quantitative estimate of drug-likeness (QED) is 0.727. The molecule has 2 aromatic heterocycles. The molecule has 0 spiro atoms. The lowest BCUT2D eigenvalue weighted by Gasteiger charge is -2.25. The third-order valence-corrected chi connectivity index (χ3v) is 6.58. The van der Waals surface area contributed by atoms with Crippen molar-refractivity contribution in [2.75, 3.05) is 0 Å². The molecule has 3 aromatic rings. The molecule has 0 unspecified atom stereocenters. The van der Waals surface area contributed by atoms with E-state index in [4.69, 9.17) is 0 Å². The van der Waals surface area contributed by atoms with Gasteiger partial charge in [-0.25, -0.2) is 23.1 Å². The topological polar surface area (TPSA) is 76.9 Å². The van der Waals surface area contributed by atoms with E-state index in [1.165, 1.54) is 19.3 Å². The number of sulfonamides is 1. The zero-order chi connectivity index (χ0) is 18.9. The lowest BCUT2D eigenvalue weighted by molar-refractivity contribution is 0.350. The van der Waals surface area contributed by atoms with E-state index >= 15 is 0 Å².